The second-order valence-corrected chi connectivity index (χ2v) is 3.97. The van der Waals surface area contributed by atoms with Crippen LogP contribution in [0.3, 0.4) is 0 Å². The van der Waals surface area contributed by atoms with Crippen molar-refractivity contribution in [3.05, 3.63) is 29.0 Å². The molecule has 2 nitrogen and oxygen atoms in total. The highest BCUT2D eigenvalue weighted by Gasteiger charge is 2.08. The van der Waals surface area contributed by atoms with Crippen LogP contribution in [0.25, 0.3) is 0 Å². The molecule has 0 aliphatic carbocycles. The molecule has 1 aromatic heterocycles. The molecule has 0 amide bonds. The molecule has 0 radical (unpaired) electrons. The van der Waals surface area contributed by atoms with Crippen molar-refractivity contribution in [2.75, 3.05) is 6.54 Å². The van der Waals surface area contributed by atoms with Gasteiger partial charge in [0.2, 0.25) is 0 Å². The van der Waals surface area contributed by atoms with Gasteiger partial charge in [0.1, 0.15) is 0 Å². The van der Waals surface area contributed by atoms with Gasteiger partial charge in [-0.15, -0.1) is 0 Å². The van der Waals surface area contributed by atoms with Crippen molar-refractivity contribution in [3.63, 3.8) is 0 Å². The number of nitrogens with two attached hydrogens (primary N) is 1. The number of rotatable bonds is 5. The fourth-order valence-corrected chi connectivity index (χ4v) is 1.79. The molecule has 0 spiro atoms. The van der Waals surface area contributed by atoms with Crippen LogP contribution in [0.5, 0.6) is 0 Å². The zero-order valence-corrected chi connectivity index (χ0v) is 9.30. The van der Waals surface area contributed by atoms with Gasteiger partial charge in [-0.3, -0.25) is 4.98 Å². The van der Waals surface area contributed by atoms with Gasteiger partial charge in [0.15, 0.2) is 0 Å². The van der Waals surface area contributed by atoms with Gasteiger partial charge in [-0.1, -0.05) is 24.9 Å². The molecule has 0 aliphatic heterocycles. The minimum atomic E-state index is 0.542. The normalized spacial score (nSPS) is 12.8. The molecule has 3 heteroatoms. The second-order valence-electron chi connectivity index (χ2n) is 3.56. The lowest BCUT2D eigenvalue weighted by Crippen LogP contribution is -2.16. The molecule has 0 aromatic carbocycles. The van der Waals surface area contributed by atoms with E-state index in [1.54, 1.807) is 12.4 Å². The average Bonchev–Trinajstić information content (AvgIpc) is 2.20. The first-order chi connectivity index (χ1) is 6.77. The first-order valence-electron chi connectivity index (χ1n) is 5.06. The fourth-order valence-electron chi connectivity index (χ4n) is 1.59. The highest BCUT2D eigenvalue weighted by Crippen LogP contribution is 2.19. The molecular weight excluding hydrogens is 196 g/mol. The summed E-state index contributed by atoms with van der Waals surface area (Å²) in [4.78, 5) is 3.96. The smallest absolute Gasteiger partial charge is 0.0621 e. The van der Waals surface area contributed by atoms with Crippen molar-refractivity contribution >= 4 is 11.6 Å². The molecule has 1 heterocycles. The van der Waals surface area contributed by atoms with Crippen LogP contribution in [0.2, 0.25) is 5.02 Å². The molecule has 14 heavy (non-hydrogen) atoms. The van der Waals surface area contributed by atoms with Gasteiger partial charge >= 0.3 is 0 Å². The van der Waals surface area contributed by atoms with Crippen LogP contribution >= 0.6 is 11.6 Å². The van der Waals surface area contributed by atoms with Gasteiger partial charge in [0, 0.05) is 12.4 Å². The number of hydrogen-bond acceptors (Lipinski definition) is 2. The Morgan fingerprint density at radius 3 is 2.93 bits per heavy atom. The molecule has 2 N–H and O–H groups in total. The summed E-state index contributed by atoms with van der Waals surface area (Å²) in [5.74, 6) is 0.542. The standard InChI is InChI=1S/C11H17ClN2/c1-2-3-9(7-13)6-10-4-5-14-8-11(10)12/h4-5,8-9H,2-3,6-7,13H2,1H3. The van der Waals surface area contributed by atoms with Gasteiger partial charge in [-0.2, -0.15) is 0 Å². The highest BCUT2D eigenvalue weighted by atomic mass is 35.5. The van der Waals surface area contributed by atoms with E-state index in [4.69, 9.17) is 17.3 Å². The predicted octanol–water partition coefficient (Wildman–Crippen LogP) is 2.65. The van der Waals surface area contributed by atoms with Gasteiger partial charge < -0.3 is 5.73 Å². The molecule has 0 saturated heterocycles. The Kier molecular flexibility index (Phi) is 4.91. The molecule has 0 aliphatic rings. The third kappa shape index (κ3) is 3.28. The van der Waals surface area contributed by atoms with Crippen molar-refractivity contribution in [1.29, 1.82) is 0 Å². The lowest BCUT2D eigenvalue weighted by atomic mass is 9.96. The minimum absolute atomic E-state index is 0.542. The quantitative estimate of drug-likeness (QED) is 0.815. The molecule has 0 bridgehead atoms. The Morgan fingerprint density at radius 2 is 2.36 bits per heavy atom. The monoisotopic (exact) mass is 212 g/mol. The minimum Gasteiger partial charge on any atom is -0.330 e. The number of pyridine rings is 1. The van der Waals surface area contributed by atoms with Crippen LogP contribution in [-0.4, -0.2) is 11.5 Å². The van der Waals surface area contributed by atoms with Gasteiger partial charge in [-0.25, -0.2) is 0 Å². The van der Waals surface area contributed by atoms with Crippen molar-refractivity contribution in [3.8, 4) is 0 Å². The third-order valence-corrected chi connectivity index (χ3v) is 2.74. The fraction of sp³-hybridized carbons (Fsp3) is 0.545. The van der Waals surface area contributed by atoms with Crippen LogP contribution < -0.4 is 5.73 Å². The molecule has 0 saturated carbocycles. The Bertz CT molecular complexity index is 276. The van der Waals surface area contributed by atoms with E-state index < -0.39 is 0 Å². The maximum absolute atomic E-state index is 6.02. The van der Waals surface area contributed by atoms with E-state index in [-0.39, 0.29) is 0 Å². The van der Waals surface area contributed by atoms with Gasteiger partial charge in [0.25, 0.3) is 0 Å². The number of nitrogens with zero attached hydrogens (tertiary/aromatic N) is 1. The topological polar surface area (TPSA) is 38.9 Å². The van der Waals surface area contributed by atoms with E-state index in [0.717, 1.165) is 30.0 Å². The molecule has 78 valence electrons. The van der Waals surface area contributed by atoms with Crippen molar-refractivity contribution in [2.24, 2.45) is 11.7 Å². The van der Waals surface area contributed by atoms with E-state index in [2.05, 4.69) is 11.9 Å². The summed E-state index contributed by atoms with van der Waals surface area (Å²) in [5, 5.41) is 0.752. The zero-order valence-electron chi connectivity index (χ0n) is 8.54. The Hall–Kier alpha value is -0.600. The number of hydrogen-bond donors (Lipinski definition) is 1. The van der Waals surface area contributed by atoms with E-state index in [1.807, 2.05) is 6.07 Å². The molecule has 1 unspecified atom stereocenters. The third-order valence-electron chi connectivity index (χ3n) is 2.40. The summed E-state index contributed by atoms with van der Waals surface area (Å²) in [6.45, 7) is 2.91. The van der Waals surface area contributed by atoms with Crippen molar-refractivity contribution in [2.45, 2.75) is 26.2 Å². The van der Waals surface area contributed by atoms with Crippen LogP contribution in [0, 0.1) is 5.92 Å². The Morgan fingerprint density at radius 1 is 1.57 bits per heavy atom. The average molecular weight is 213 g/mol. The van der Waals surface area contributed by atoms with Crippen LogP contribution in [-0.2, 0) is 6.42 Å². The highest BCUT2D eigenvalue weighted by molar-refractivity contribution is 6.31. The largest absolute Gasteiger partial charge is 0.330 e. The number of aromatic nitrogens is 1. The van der Waals surface area contributed by atoms with E-state index >= 15 is 0 Å². The van der Waals surface area contributed by atoms with Crippen LogP contribution in [0.1, 0.15) is 25.3 Å². The first kappa shape index (κ1) is 11.5. The second kappa shape index (κ2) is 5.99. The Balaban J connectivity index is 2.62. The van der Waals surface area contributed by atoms with Gasteiger partial charge in [-0.05, 0) is 36.9 Å². The van der Waals surface area contributed by atoms with E-state index in [0.29, 0.717) is 5.92 Å². The van der Waals surface area contributed by atoms with Crippen LogP contribution in [0.15, 0.2) is 18.5 Å². The summed E-state index contributed by atoms with van der Waals surface area (Å²) in [6, 6.07) is 1.97. The van der Waals surface area contributed by atoms with E-state index in [9.17, 15) is 0 Å². The van der Waals surface area contributed by atoms with Crippen molar-refractivity contribution in [1.82, 2.24) is 4.98 Å². The zero-order chi connectivity index (χ0) is 10.4. The molecular formula is C11H17ClN2. The molecule has 1 aromatic rings. The summed E-state index contributed by atoms with van der Waals surface area (Å²) in [6.07, 6.45) is 6.77. The molecule has 0 fully saturated rings. The SMILES string of the molecule is CCCC(CN)Cc1ccncc1Cl. The Labute approximate surface area is 90.5 Å². The first-order valence-corrected chi connectivity index (χ1v) is 5.44. The summed E-state index contributed by atoms with van der Waals surface area (Å²) < 4.78 is 0. The maximum atomic E-state index is 6.02. The molecule has 1 atom stereocenters. The lowest BCUT2D eigenvalue weighted by Gasteiger charge is -2.13. The summed E-state index contributed by atoms with van der Waals surface area (Å²) >= 11 is 6.02. The van der Waals surface area contributed by atoms with Crippen molar-refractivity contribution < 1.29 is 0 Å². The van der Waals surface area contributed by atoms with E-state index in [1.165, 1.54) is 6.42 Å². The van der Waals surface area contributed by atoms with Crippen LogP contribution in [0.4, 0.5) is 0 Å². The van der Waals surface area contributed by atoms with Gasteiger partial charge in [0.05, 0.1) is 5.02 Å². The lowest BCUT2D eigenvalue weighted by molar-refractivity contribution is 0.487. The summed E-state index contributed by atoms with van der Waals surface area (Å²) in [5.41, 5.74) is 6.86. The number of halogens is 1. The molecule has 1 rings (SSSR count). The summed E-state index contributed by atoms with van der Waals surface area (Å²) in [7, 11) is 0. The maximum Gasteiger partial charge on any atom is 0.0621 e. The predicted molar refractivity (Wildman–Crippen MR) is 60.4 cm³/mol.